The van der Waals surface area contributed by atoms with Crippen LogP contribution in [0.3, 0.4) is 0 Å². The monoisotopic (exact) mass is 305 g/mol. The standard InChI is InChI=1S/C11H7ClF3N3O2/c1-5-9(10(19)20)16-17-18(5)8-4-6(11(13,14)15)2-3-7(8)12/h2-4H,1H3,(H,19,20). The third kappa shape index (κ3) is 2.46. The molecule has 0 radical (unpaired) electrons. The van der Waals surface area contributed by atoms with Gasteiger partial charge in [-0.15, -0.1) is 5.10 Å². The summed E-state index contributed by atoms with van der Waals surface area (Å²) in [6.45, 7) is 1.38. The lowest BCUT2D eigenvalue weighted by molar-refractivity contribution is -0.137. The smallest absolute Gasteiger partial charge is 0.416 e. The van der Waals surface area contributed by atoms with Gasteiger partial charge in [0.2, 0.25) is 0 Å². The molecule has 0 atom stereocenters. The summed E-state index contributed by atoms with van der Waals surface area (Å²) in [7, 11) is 0. The average molecular weight is 306 g/mol. The molecular weight excluding hydrogens is 299 g/mol. The Kier molecular flexibility index (Phi) is 3.43. The molecule has 0 bridgehead atoms. The van der Waals surface area contributed by atoms with Gasteiger partial charge in [0.15, 0.2) is 5.69 Å². The third-order valence-electron chi connectivity index (χ3n) is 2.60. The Morgan fingerprint density at radius 1 is 1.40 bits per heavy atom. The second-order valence-electron chi connectivity index (χ2n) is 3.90. The van der Waals surface area contributed by atoms with Gasteiger partial charge in [-0.05, 0) is 25.1 Å². The minimum atomic E-state index is -4.54. The second-order valence-corrected chi connectivity index (χ2v) is 4.31. The molecule has 20 heavy (non-hydrogen) atoms. The zero-order valence-corrected chi connectivity index (χ0v) is 10.7. The maximum absolute atomic E-state index is 12.7. The highest BCUT2D eigenvalue weighted by molar-refractivity contribution is 6.32. The lowest BCUT2D eigenvalue weighted by Gasteiger charge is -2.11. The predicted molar refractivity (Wildman–Crippen MR) is 63.1 cm³/mol. The molecule has 9 heteroatoms. The highest BCUT2D eigenvalue weighted by atomic mass is 35.5. The Balaban J connectivity index is 2.61. The molecule has 2 aromatic rings. The summed E-state index contributed by atoms with van der Waals surface area (Å²) >= 11 is 5.84. The van der Waals surface area contributed by atoms with Gasteiger partial charge in [-0.25, -0.2) is 9.48 Å². The highest BCUT2D eigenvalue weighted by Crippen LogP contribution is 2.33. The Bertz CT molecular complexity index is 682. The summed E-state index contributed by atoms with van der Waals surface area (Å²) in [6.07, 6.45) is -4.54. The molecular formula is C11H7ClF3N3O2. The Morgan fingerprint density at radius 2 is 2.05 bits per heavy atom. The van der Waals surface area contributed by atoms with Gasteiger partial charge in [0.1, 0.15) is 0 Å². The molecule has 2 rings (SSSR count). The van der Waals surface area contributed by atoms with Crippen molar-refractivity contribution in [2.75, 3.05) is 0 Å². The van der Waals surface area contributed by atoms with Crippen LogP contribution in [0.1, 0.15) is 21.7 Å². The normalized spacial score (nSPS) is 11.7. The van der Waals surface area contributed by atoms with Gasteiger partial charge >= 0.3 is 12.1 Å². The number of rotatable bonds is 2. The fourth-order valence-electron chi connectivity index (χ4n) is 1.61. The molecule has 0 saturated heterocycles. The van der Waals surface area contributed by atoms with E-state index in [1.165, 1.54) is 6.92 Å². The molecule has 0 aliphatic rings. The van der Waals surface area contributed by atoms with Crippen molar-refractivity contribution in [3.8, 4) is 5.69 Å². The zero-order chi connectivity index (χ0) is 15.1. The van der Waals surface area contributed by atoms with E-state index in [2.05, 4.69) is 10.3 Å². The molecule has 0 spiro atoms. The number of carbonyl (C=O) groups is 1. The SMILES string of the molecule is Cc1c(C(=O)O)nnn1-c1cc(C(F)(F)F)ccc1Cl. The van der Waals surface area contributed by atoms with E-state index in [-0.39, 0.29) is 22.1 Å². The number of hydrogen-bond acceptors (Lipinski definition) is 3. The van der Waals surface area contributed by atoms with E-state index in [1.807, 2.05) is 0 Å². The van der Waals surface area contributed by atoms with Crippen LogP contribution in [0.4, 0.5) is 13.2 Å². The van der Waals surface area contributed by atoms with Crippen LogP contribution < -0.4 is 0 Å². The summed E-state index contributed by atoms with van der Waals surface area (Å²) in [6, 6.07) is 2.69. The highest BCUT2D eigenvalue weighted by Gasteiger charge is 2.31. The van der Waals surface area contributed by atoms with Gasteiger partial charge in [-0.3, -0.25) is 0 Å². The van der Waals surface area contributed by atoms with Crippen molar-refractivity contribution in [1.82, 2.24) is 15.0 Å². The first-order valence-corrected chi connectivity index (χ1v) is 5.62. The van der Waals surface area contributed by atoms with E-state index in [0.29, 0.717) is 0 Å². The molecule has 0 unspecified atom stereocenters. The van der Waals surface area contributed by atoms with Crippen molar-refractivity contribution >= 4 is 17.6 Å². The summed E-state index contributed by atoms with van der Waals surface area (Å²) in [5.41, 5.74) is -1.26. The van der Waals surface area contributed by atoms with Crippen LogP contribution in [0.5, 0.6) is 0 Å². The van der Waals surface area contributed by atoms with Crippen LogP contribution in [-0.4, -0.2) is 26.1 Å². The quantitative estimate of drug-likeness (QED) is 0.926. The molecule has 0 saturated carbocycles. The number of hydrogen-bond donors (Lipinski definition) is 1. The van der Waals surface area contributed by atoms with Crippen molar-refractivity contribution in [3.05, 3.63) is 40.2 Å². The minimum Gasteiger partial charge on any atom is -0.476 e. The van der Waals surface area contributed by atoms with Gasteiger partial charge in [0.25, 0.3) is 0 Å². The van der Waals surface area contributed by atoms with E-state index < -0.39 is 17.7 Å². The topological polar surface area (TPSA) is 68.0 Å². The maximum atomic E-state index is 12.7. The van der Waals surface area contributed by atoms with Crippen LogP contribution in [0.2, 0.25) is 5.02 Å². The summed E-state index contributed by atoms with van der Waals surface area (Å²) in [5.74, 6) is -1.32. The number of nitrogens with zero attached hydrogens (tertiary/aromatic N) is 3. The lowest BCUT2D eigenvalue weighted by atomic mass is 10.2. The first-order valence-electron chi connectivity index (χ1n) is 5.24. The van der Waals surface area contributed by atoms with Crippen LogP contribution in [0, 0.1) is 6.92 Å². The summed E-state index contributed by atoms with van der Waals surface area (Å²) < 4.78 is 39.0. The van der Waals surface area contributed by atoms with E-state index >= 15 is 0 Å². The molecule has 106 valence electrons. The first kappa shape index (κ1) is 14.3. The van der Waals surface area contributed by atoms with Crippen molar-refractivity contribution in [3.63, 3.8) is 0 Å². The fraction of sp³-hybridized carbons (Fsp3) is 0.182. The Morgan fingerprint density at radius 3 is 2.55 bits per heavy atom. The zero-order valence-electron chi connectivity index (χ0n) is 9.94. The van der Waals surface area contributed by atoms with E-state index in [1.54, 1.807) is 0 Å². The number of halogens is 4. The predicted octanol–water partition coefficient (Wildman–Crippen LogP) is 2.95. The molecule has 5 nitrogen and oxygen atoms in total. The van der Waals surface area contributed by atoms with Gasteiger partial charge < -0.3 is 5.11 Å². The molecule has 0 aliphatic heterocycles. The Hall–Kier alpha value is -2.09. The number of alkyl halides is 3. The van der Waals surface area contributed by atoms with E-state index in [4.69, 9.17) is 16.7 Å². The van der Waals surface area contributed by atoms with Crippen LogP contribution >= 0.6 is 11.6 Å². The number of aromatic nitrogens is 3. The van der Waals surface area contributed by atoms with Gasteiger partial charge in [0.05, 0.1) is 22.0 Å². The van der Waals surface area contributed by atoms with Crippen molar-refractivity contribution in [2.45, 2.75) is 13.1 Å². The largest absolute Gasteiger partial charge is 0.476 e. The van der Waals surface area contributed by atoms with Crippen molar-refractivity contribution < 1.29 is 23.1 Å². The first-order chi connectivity index (χ1) is 9.21. The van der Waals surface area contributed by atoms with Gasteiger partial charge in [-0.2, -0.15) is 13.2 Å². The number of benzene rings is 1. The van der Waals surface area contributed by atoms with Gasteiger partial charge in [-0.1, -0.05) is 16.8 Å². The third-order valence-corrected chi connectivity index (χ3v) is 2.92. The molecule has 0 amide bonds. The Labute approximate surface area is 115 Å². The van der Waals surface area contributed by atoms with Crippen LogP contribution in [-0.2, 0) is 6.18 Å². The fourth-order valence-corrected chi connectivity index (χ4v) is 1.80. The molecule has 1 aromatic heterocycles. The summed E-state index contributed by atoms with van der Waals surface area (Å²) in [5, 5.41) is 15.8. The molecule has 1 heterocycles. The number of aromatic carboxylic acids is 1. The maximum Gasteiger partial charge on any atom is 0.416 e. The molecule has 1 aromatic carbocycles. The van der Waals surface area contributed by atoms with Gasteiger partial charge in [0, 0.05) is 0 Å². The van der Waals surface area contributed by atoms with Crippen molar-refractivity contribution in [1.29, 1.82) is 0 Å². The molecule has 0 aliphatic carbocycles. The average Bonchev–Trinajstić information content (AvgIpc) is 2.70. The van der Waals surface area contributed by atoms with Crippen LogP contribution in [0.25, 0.3) is 5.69 Å². The molecule has 0 fully saturated rings. The second kappa shape index (κ2) is 4.78. The van der Waals surface area contributed by atoms with Crippen LogP contribution in [0.15, 0.2) is 18.2 Å². The molecule has 1 N–H and O–H groups in total. The minimum absolute atomic E-state index is 0.00272. The van der Waals surface area contributed by atoms with E-state index in [0.717, 1.165) is 22.9 Å². The van der Waals surface area contributed by atoms with Crippen molar-refractivity contribution in [2.24, 2.45) is 0 Å². The van der Waals surface area contributed by atoms with E-state index in [9.17, 15) is 18.0 Å². The summed E-state index contributed by atoms with van der Waals surface area (Å²) in [4.78, 5) is 10.8. The number of carboxylic acids is 1. The lowest BCUT2D eigenvalue weighted by Crippen LogP contribution is -2.08. The number of carboxylic acid groups (broad SMARTS) is 1.